The van der Waals surface area contributed by atoms with Gasteiger partial charge in [0.2, 0.25) is 5.82 Å². The van der Waals surface area contributed by atoms with Crippen LogP contribution in [0.1, 0.15) is 74.6 Å². The Hall–Kier alpha value is -3.03. The van der Waals surface area contributed by atoms with Crippen molar-refractivity contribution in [3.05, 3.63) is 33.4 Å². The summed E-state index contributed by atoms with van der Waals surface area (Å²) in [5, 5.41) is 21.9. The molecule has 45 heavy (non-hydrogen) atoms. The third-order valence-corrected chi connectivity index (χ3v) is 12.2. The van der Waals surface area contributed by atoms with E-state index in [-0.39, 0.29) is 40.6 Å². The molecule has 0 radical (unpaired) electrons. The van der Waals surface area contributed by atoms with Crippen LogP contribution in [0.25, 0.3) is 0 Å². The van der Waals surface area contributed by atoms with E-state index in [0.29, 0.717) is 61.6 Å². The van der Waals surface area contributed by atoms with E-state index in [2.05, 4.69) is 21.9 Å². The maximum atomic E-state index is 16.4. The average Bonchev–Trinajstić information content (AvgIpc) is 3.60. The van der Waals surface area contributed by atoms with Crippen LogP contribution in [-0.2, 0) is 11.8 Å². The molecule has 1 saturated carbocycles. The van der Waals surface area contributed by atoms with Gasteiger partial charge < -0.3 is 26.2 Å². The molecule has 3 aliphatic carbocycles. The topological polar surface area (TPSA) is 141 Å². The highest BCUT2D eigenvalue weighted by atomic mass is 32.1. The van der Waals surface area contributed by atoms with Crippen molar-refractivity contribution in [3.8, 4) is 5.88 Å². The van der Waals surface area contributed by atoms with Gasteiger partial charge in [-0.1, -0.05) is 0 Å². The number of aliphatic hydroxyl groups excluding tert-OH is 1. The van der Waals surface area contributed by atoms with Gasteiger partial charge in [-0.05, 0) is 78.8 Å². The molecule has 10 nitrogen and oxygen atoms in total. The van der Waals surface area contributed by atoms with Crippen molar-refractivity contribution in [2.45, 2.75) is 94.0 Å². The van der Waals surface area contributed by atoms with E-state index < -0.39 is 23.5 Å². The van der Waals surface area contributed by atoms with Crippen molar-refractivity contribution in [2.24, 2.45) is 0 Å². The van der Waals surface area contributed by atoms with Gasteiger partial charge in [0.1, 0.15) is 28.7 Å². The van der Waals surface area contributed by atoms with Crippen LogP contribution in [0.5, 0.6) is 5.88 Å². The number of allylic oxidation sites excluding steroid dienone is 2. The fraction of sp³-hybridized carbons (Fsp3) is 0.656. The van der Waals surface area contributed by atoms with Crippen LogP contribution < -0.4 is 21.1 Å². The van der Waals surface area contributed by atoms with E-state index in [0.717, 1.165) is 49.1 Å². The Labute approximate surface area is 266 Å². The number of nitrogens with one attached hydrogen (secondary N) is 1. The van der Waals surface area contributed by atoms with Crippen molar-refractivity contribution in [3.63, 3.8) is 0 Å². The second kappa shape index (κ2) is 11.0. The number of nitrogens with zero attached hydrogens (tertiary/aromatic N) is 5. The second-order valence-electron chi connectivity index (χ2n) is 13.9. The molecule has 2 aromatic heterocycles. The largest absolute Gasteiger partial charge is 0.511 e. The molecule has 0 unspecified atom stereocenters. The predicted octanol–water partition coefficient (Wildman–Crippen LogP) is 4.57. The lowest BCUT2D eigenvalue weighted by molar-refractivity contribution is 0.111. The molecular formula is C32H44F2N8O2S. The monoisotopic (exact) mass is 642 g/mol. The zero-order valence-corrected chi connectivity index (χ0v) is 27.2. The van der Waals surface area contributed by atoms with E-state index in [4.69, 9.17) is 16.2 Å². The van der Waals surface area contributed by atoms with Crippen LogP contribution in [0.2, 0.25) is 0 Å². The summed E-state index contributed by atoms with van der Waals surface area (Å²) >= 11 is 1.48. The van der Waals surface area contributed by atoms with Gasteiger partial charge in [-0.2, -0.15) is 9.37 Å². The number of ether oxygens (including phenoxy) is 1. The average molecular weight is 643 g/mol. The van der Waals surface area contributed by atoms with Crippen LogP contribution in [0, 0.1) is 11.2 Å². The molecule has 0 amide bonds. The molecule has 3 fully saturated rings. The first-order valence-electron chi connectivity index (χ1n) is 16.2. The van der Waals surface area contributed by atoms with Gasteiger partial charge in [-0.3, -0.25) is 15.2 Å². The van der Waals surface area contributed by atoms with E-state index in [9.17, 15) is 14.9 Å². The minimum absolute atomic E-state index is 0.00211. The normalized spacial score (nSPS) is 29.0. The summed E-state index contributed by atoms with van der Waals surface area (Å²) < 4.78 is 36.8. The lowest BCUT2D eigenvalue weighted by Crippen LogP contribution is -2.53. The third kappa shape index (κ3) is 4.96. The molecule has 2 aliphatic heterocycles. The van der Waals surface area contributed by atoms with Crippen LogP contribution in [0.4, 0.5) is 25.3 Å². The molecule has 0 bridgehead atoms. The van der Waals surface area contributed by atoms with Crippen LogP contribution in [-0.4, -0.2) is 94.7 Å². The Morgan fingerprint density at radius 1 is 1.13 bits per heavy atom. The Morgan fingerprint density at radius 3 is 2.56 bits per heavy atom. The number of alkyl halides is 1. The fourth-order valence-electron chi connectivity index (χ4n) is 8.36. The van der Waals surface area contributed by atoms with Crippen molar-refractivity contribution >= 4 is 33.6 Å². The van der Waals surface area contributed by atoms with Crippen LogP contribution in [0.3, 0.4) is 0 Å². The number of likely N-dealkylation sites (N-methyl/N-ethyl adjacent to an activating group) is 2. The number of hydrogen-bond acceptors (Lipinski definition) is 11. The minimum Gasteiger partial charge on any atom is -0.511 e. The standard InChI is InChI=1S/C32H44F2N8O2S/c1-17(20-14-18(33)15-40(20)2)44-30-23(34)29(42-13-12-41(3)31(16-42)10-11-31)38-28(39-30)24(35)19-6-4-8-32(26(19)43)9-5-7-21-22(32)25(36)27(37)45-21/h17-18,20,35,43H,4-16,36-37H2,1-3H3/t17-,18+,20-,32-/m0/s1. The van der Waals surface area contributed by atoms with Crippen molar-refractivity contribution in [1.29, 1.82) is 5.41 Å². The SMILES string of the molecule is C[C@H](Oc1nc(C(=N)C2=C(O)[C@@]3(CCC2)CCCc2sc(N)c(N)c23)nc(N2CCN(C)C3(CC3)C2)c1F)[C@@H]1C[C@@H](F)CN1C. The number of aromatic nitrogens is 2. The molecule has 7 rings (SSSR count). The number of aliphatic hydroxyl groups is 1. The van der Waals surface area contributed by atoms with Gasteiger partial charge in [0, 0.05) is 53.8 Å². The summed E-state index contributed by atoms with van der Waals surface area (Å²) in [4.78, 5) is 16.4. The zero-order valence-electron chi connectivity index (χ0n) is 26.3. The summed E-state index contributed by atoms with van der Waals surface area (Å²) in [6, 6.07) is -0.243. The van der Waals surface area contributed by atoms with E-state index in [1.165, 1.54) is 11.3 Å². The minimum atomic E-state index is -0.970. The lowest BCUT2D eigenvalue weighted by atomic mass is 9.63. The molecule has 2 aromatic rings. The smallest absolute Gasteiger partial charge is 0.256 e. The zero-order chi connectivity index (χ0) is 31.8. The van der Waals surface area contributed by atoms with Crippen molar-refractivity contribution in [2.75, 3.05) is 56.6 Å². The first kappa shape index (κ1) is 30.6. The van der Waals surface area contributed by atoms with Crippen molar-refractivity contribution < 1.29 is 18.6 Å². The second-order valence-corrected chi connectivity index (χ2v) is 15.0. The predicted molar refractivity (Wildman–Crippen MR) is 173 cm³/mol. The van der Waals surface area contributed by atoms with E-state index >= 15 is 4.39 Å². The molecular weight excluding hydrogens is 598 g/mol. The molecule has 2 spiro atoms. The number of nitrogen functional groups attached to an aromatic ring is 2. The van der Waals surface area contributed by atoms with Crippen LogP contribution >= 0.6 is 11.3 Å². The van der Waals surface area contributed by atoms with Gasteiger partial charge in [0.05, 0.1) is 11.1 Å². The van der Waals surface area contributed by atoms with Gasteiger partial charge in [-0.25, -0.2) is 9.37 Å². The highest BCUT2D eigenvalue weighted by molar-refractivity contribution is 7.16. The number of likely N-dealkylation sites (tertiary alicyclic amines) is 1. The molecule has 4 heterocycles. The molecule has 5 aliphatic rings. The third-order valence-electron chi connectivity index (χ3n) is 11.1. The summed E-state index contributed by atoms with van der Waals surface area (Å²) in [5.41, 5.74) is 13.8. The van der Waals surface area contributed by atoms with E-state index in [1.807, 2.05) is 16.8 Å². The van der Waals surface area contributed by atoms with Crippen molar-refractivity contribution in [1.82, 2.24) is 19.8 Å². The Morgan fingerprint density at radius 2 is 1.87 bits per heavy atom. The Kier molecular flexibility index (Phi) is 7.52. The molecule has 2 saturated heterocycles. The summed E-state index contributed by atoms with van der Waals surface area (Å²) in [7, 11) is 3.94. The molecule has 13 heteroatoms. The molecule has 0 aromatic carbocycles. The summed E-state index contributed by atoms with van der Waals surface area (Å²) in [6.07, 6.45) is 5.21. The number of fused-ring (bicyclic) bond motifs is 2. The first-order chi connectivity index (χ1) is 21.4. The van der Waals surface area contributed by atoms with Gasteiger partial charge in [0.25, 0.3) is 5.88 Å². The number of piperazine rings is 1. The van der Waals surface area contributed by atoms with Gasteiger partial charge in [-0.15, -0.1) is 11.3 Å². The highest BCUT2D eigenvalue weighted by Crippen LogP contribution is 2.55. The molecule has 4 atom stereocenters. The maximum Gasteiger partial charge on any atom is 0.256 e. The number of anilines is 3. The number of aryl methyl sites for hydroxylation is 1. The quantitative estimate of drug-likeness (QED) is 0.334. The van der Waals surface area contributed by atoms with E-state index in [1.54, 1.807) is 6.92 Å². The first-order valence-corrected chi connectivity index (χ1v) is 17.0. The fourth-order valence-corrected chi connectivity index (χ4v) is 9.49. The Bertz CT molecular complexity index is 1560. The maximum absolute atomic E-state index is 16.4. The number of thiophene rings is 1. The molecule has 244 valence electrons. The lowest BCUT2D eigenvalue weighted by Gasteiger charge is -2.41. The number of halogens is 2. The number of hydrogen-bond donors (Lipinski definition) is 4. The Balaban J connectivity index is 1.29. The summed E-state index contributed by atoms with van der Waals surface area (Å²) in [5.74, 6) is -0.685. The van der Waals surface area contributed by atoms with Crippen LogP contribution in [0.15, 0.2) is 11.3 Å². The number of rotatable bonds is 6. The van der Waals surface area contributed by atoms with Gasteiger partial charge >= 0.3 is 0 Å². The molecule has 6 N–H and O–H groups in total. The van der Waals surface area contributed by atoms with Gasteiger partial charge in [0.15, 0.2) is 11.6 Å². The highest BCUT2D eigenvalue weighted by Gasteiger charge is 2.51. The summed E-state index contributed by atoms with van der Waals surface area (Å²) in [6.45, 7) is 4.05. The number of nitrogens with two attached hydrogens (primary N) is 2.